The second-order valence-electron chi connectivity index (χ2n) is 4.11. The van der Waals surface area contributed by atoms with E-state index in [1.807, 2.05) is 24.3 Å². The van der Waals surface area contributed by atoms with Crippen molar-refractivity contribution in [3.8, 4) is 11.4 Å². The second-order valence-corrected chi connectivity index (χ2v) is 4.50. The van der Waals surface area contributed by atoms with E-state index >= 15 is 0 Å². The maximum Gasteiger partial charge on any atom is 0.173 e. The highest BCUT2D eigenvalue weighted by Crippen LogP contribution is 2.29. The lowest BCUT2D eigenvalue weighted by atomic mass is 10.2. The third-order valence-electron chi connectivity index (χ3n) is 2.99. The van der Waals surface area contributed by atoms with Crippen molar-refractivity contribution >= 4 is 28.2 Å². The fourth-order valence-corrected chi connectivity index (χ4v) is 2.25. The highest BCUT2D eigenvalue weighted by molar-refractivity contribution is 6.29. The first-order valence-electron chi connectivity index (χ1n) is 5.66. The summed E-state index contributed by atoms with van der Waals surface area (Å²) < 4.78 is 7.30. The number of hydrogen-bond donors (Lipinski definition) is 0. The van der Waals surface area contributed by atoms with Crippen molar-refractivity contribution in [3.63, 3.8) is 0 Å². The predicted molar refractivity (Wildman–Crippen MR) is 71.0 cm³/mol. The summed E-state index contributed by atoms with van der Waals surface area (Å²) in [6, 6.07) is 9.45. The largest absolute Gasteiger partial charge is 0.464 e. The number of furan rings is 1. The van der Waals surface area contributed by atoms with Crippen LogP contribution in [0.4, 0.5) is 0 Å². The SMILES string of the molecule is Clc1cc2nnc(-c3coc4ccccc34)n2cn1. The van der Waals surface area contributed by atoms with Crippen molar-refractivity contribution < 1.29 is 4.42 Å². The van der Waals surface area contributed by atoms with Crippen LogP contribution >= 0.6 is 11.6 Å². The molecule has 0 bridgehead atoms. The number of benzene rings is 1. The molecule has 5 nitrogen and oxygen atoms in total. The first-order valence-corrected chi connectivity index (χ1v) is 6.03. The maximum atomic E-state index is 5.84. The summed E-state index contributed by atoms with van der Waals surface area (Å²) in [6.07, 6.45) is 3.28. The molecule has 0 radical (unpaired) electrons. The number of fused-ring (bicyclic) bond motifs is 2. The van der Waals surface area contributed by atoms with Crippen LogP contribution in [0.25, 0.3) is 28.0 Å². The van der Waals surface area contributed by atoms with E-state index in [1.54, 1.807) is 23.1 Å². The molecule has 0 spiro atoms. The van der Waals surface area contributed by atoms with Gasteiger partial charge < -0.3 is 4.42 Å². The van der Waals surface area contributed by atoms with Gasteiger partial charge in [0.2, 0.25) is 0 Å². The highest BCUT2D eigenvalue weighted by Gasteiger charge is 2.14. The maximum absolute atomic E-state index is 5.84. The molecule has 1 aromatic carbocycles. The standard InChI is InChI=1S/C13H7ClN4O/c14-11-5-12-16-17-13(18(12)7-15-11)9-6-19-10-4-2-1-3-8(9)10/h1-7H. The minimum atomic E-state index is 0.392. The molecule has 0 aliphatic rings. The predicted octanol–water partition coefficient (Wildman–Crippen LogP) is 3.19. The Kier molecular flexibility index (Phi) is 2.10. The Morgan fingerprint density at radius 2 is 2.05 bits per heavy atom. The highest BCUT2D eigenvalue weighted by atomic mass is 35.5. The summed E-state index contributed by atoms with van der Waals surface area (Å²) in [5.41, 5.74) is 2.35. The van der Waals surface area contributed by atoms with E-state index in [0.29, 0.717) is 16.6 Å². The van der Waals surface area contributed by atoms with Crippen LogP contribution in [-0.2, 0) is 0 Å². The molecular formula is C13H7ClN4O. The lowest BCUT2D eigenvalue weighted by molar-refractivity contribution is 0.616. The van der Waals surface area contributed by atoms with Crippen LogP contribution in [0.3, 0.4) is 0 Å². The number of halogens is 1. The third-order valence-corrected chi connectivity index (χ3v) is 3.20. The van der Waals surface area contributed by atoms with Gasteiger partial charge in [0, 0.05) is 11.5 Å². The molecule has 0 N–H and O–H groups in total. The van der Waals surface area contributed by atoms with E-state index in [-0.39, 0.29) is 0 Å². The van der Waals surface area contributed by atoms with Crippen molar-refractivity contribution in [2.75, 3.05) is 0 Å². The number of aromatic nitrogens is 4. The van der Waals surface area contributed by atoms with Crippen LogP contribution in [0.2, 0.25) is 5.15 Å². The van der Waals surface area contributed by atoms with Gasteiger partial charge >= 0.3 is 0 Å². The first-order chi connectivity index (χ1) is 9.33. The van der Waals surface area contributed by atoms with Crippen molar-refractivity contribution in [3.05, 3.63) is 48.1 Å². The molecular weight excluding hydrogens is 264 g/mol. The smallest absolute Gasteiger partial charge is 0.173 e. The molecule has 0 amide bonds. The summed E-state index contributed by atoms with van der Waals surface area (Å²) in [5, 5.41) is 9.66. The Bertz CT molecular complexity index is 896. The molecule has 4 rings (SSSR count). The second kappa shape index (κ2) is 3.80. The molecule has 0 atom stereocenters. The lowest BCUT2D eigenvalue weighted by Gasteiger charge is -1.97. The zero-order valence-electron chi connectivity index (χ0n) is 9.62. The molecule has 92 valence electrons. The van der Waals surface area contributed by atoms with E-state index in [4.69, 9.17) is 16.0 Å². The average Bonchev–Trinajstić information content (AvgIpc) is 3.01. The lowest BCUT2D eigenvalue weighted by Crippen LogP contribution is -1.90. The van der Waals surface area contributed by atoms with Gasteiger partial charge in [-0.25, -0.2) is 4.98 Å². The van der Waals surface area contributed by atoms with E-state index < -0.39 is 0 Å². The Labute approximate surface area is 112 Å². The van der Waals surface area contributed by atoms with Crippen molar-refractivity contribution in [1.29, 1.82) is 0 Å². The number of para-hydroxylation sites is 1. The average molecular weight is 271 g/mol. The molecule has 0 fully saturated rings. The normalized spacial score (nSPS) is 11.4. The van der Waals surface area contributed by atoms with E-state index in [0.717, 1.165) is 16.5 Å². The number of nitrogens with zero attached hydrogens (tertiary/aromatic N) is 4. The van der Waals surface area contributed by atoms with Gasteiger partial charge in [-0.2, -0.15) is 0 Å². The minimum Gasteiger partial charge on any atom is -0.464 e. The molecule has 4 aromatic rings. The fraction of sp³-hybridized carbons (Fsp3) is 0. The molecule has 0 saturated carbocycles. The van der Waals surface area contributed by atoms with Crippen molar-refractivity contribution in [2.45, 2.75) is 0 Å². The molecule has 6 heteroatoms. The van der Waals surface area contributed by atoms with Crippen molar-refractivity contribution in [2.24, 2.45) is 0 Å². The fourth-order valence-electron chi connectivity index (χ4n) is 2.11. The number of rotatable bonds is 1. The van der Waals surface area contributed by atoms with Gasteiger partial charge in [0.05, 0.1) is 5.56 Å². The first kappa shape index (κ1) is 10.5. The summed E-state index contributed by atoms with van der Waals surface area (Å²) in [4.78, 5) is 4.05. The van der Waals surface area contributed by atoms with Gasteiger partial charge in [-0.15, -0.1) is 10.2 Å². The van der Waals surface area contributed by atoms with E-state index in [9.17, 15) is 0 Å². The molecule has 0 aliphatic carbocycles. The Morgan fingerprint density at radius 1 is 1.16 bits per heavy atom. The molecule has 3 heterocycles. The minimum absolute atomic E-state index is 0.392. The van der Waals surface area contributed by atoms with Gasteiger partial charge in [-0.1, -0.05) is 29.8 Å². The Morgan fingerprint density at radius 3 is 3.00 bits per heavy atom. The summed E-state index contributed by atoms with van der Waals surface area (Å²) in [6.45, 7) is 0. The van der Waals surface area contributed by atoms with Gasteiger partial charge in [0.25, 0.3) is 0 Å². The molecule has 0 saturated heterocycles. The van der Waals surface area contributed by atoms with Gasteiger partial charge in [0.15, 0.2) is 11.5 Å². The Hall–Kier alpha value is -2.40. The monoisotopic (exact) mass is 270 g/mol. The van der Waals surface area contributed by atoms with Crippen LogP contribution in [-0.4, -0.2) is 19.6 Å². The van der Waals surface area contributed by atoms with Crippen LogP contribution in [0.5, 0.6) is 0 Å². The molecule has 19 heavy (non-hydrogen) atoms. The van der Waals surface area contributed by atoms with Gasteiger partial charge in [-0.3, -0.25) is 4.40 Å². The van der Waals surface area contributed by atoms with Crippen LogP contribution in [0.1, 0.15) is 0 Å². The van der Waals surface area contributed by atoms with E-state index in [1.165, 1.54) is 0 Å². The summed E-state index contributed by atoms with van der Waals surface area (Å²) >= 11 is 5.84. The zero-order valence-corrected chi connectivity index (χ0v) is 10.4. The van der Waals surface area contributed by atoms with Gasteiger partial charge in [0.1, 0.15) is 23.3 Å². The van der Waals surface area contributed by atoms with Crippen molar-refractivity contribution in [1.82, 2.24) is 19.6 Å². The summed E-state index contributed by atoms with van der Waals surface area (Å²) in [5.74, 6) is 0.684. The van der Waals surface area contributed by atoms with Crippen LogP contribution in [0, 0.1) is 0 Å². The summed E-state index contributed by atoms with van der Waals surface area (Å²) in [7, 11) is 0. The quantitative estimate of drug-likeness (QED) is 0.499. The molecule has 3 aromatic heterocycles. The topological polar surface area (TPSA) is 56.2 Å². The van der Waals surface area contributed by atoms with Crippen LogP contribution < -0.4 is 0 Å². The third kappa shape index (κ3) is 1.52. The van der Waals surface area contributed by atoms with Crippen LogP contribution in [0.15, 0.2) is 47.3 Å². The molecule has 0 aliphatic heterocycles. The van der Waals surface area contributed by atoms with Gasteiger partial charge in [-0.05, 0) is 6.07 Å². The number of hydrogen-bond acceptors (Lipinski definition) is 4. The molecule has 0 unspecified atom stereocenters. The Balaban J connectivity index is 2.04. The zero-order chi connectivity index (χ0) is 12.8. The van der Waals surface area contributed by atoms with E-state index in [2.05, 4.69) is 15.2 Å².